The Morgan fingerprint density at radius 3 is 2.00 bits per heavy atom. The molecule has 0 aliphatic carbocycles. The fourth-order valence-corrected chi connectivity index (χ4v) is 2.47. The Hall–Kier alpha value is -0.0500. The second kappa shape index (κ2) is 14.4. The van der Waals surface area contributed by atoms with Crippen molar-refractivity contribution in [2.45, 2.75) is 89.3 Å². The summed E-state index contributed by atoms with van der Waals surface area (Å²) >= 11 is 3.43. The van der Waals surface area contributed by atoms with E-state index in [-0.39, 0.29) is 10.8 Å². The minimum Gasteiger partial charge on any atom is -0.465 e. The molecule has 0 bridgehead atoms. The van der Waals surface area contributed by atoms with Crippen molar-refractivity contribution >= 4 is 21.9 Å². The fourth-order valence-electron chi connectivity index (χ4n) is 2.01. The van der Waals surface area contributed by atoms with Crippen LogP contribution in [0.2, 0.25) is 0 Å². The van der Waals surface area contributed by atoms with Gasteiger partial charge in [0.15, 0.2) is 0 Å². The van der Waals surface area contributed by atoms with Crippen molar-refractivity contribution in [2.24, 2.45) is 0 Å². The van der Waals surface area contributed by atoms with Crippen molar-refractivity contribution < 1.29 is 9.53 Å². The molecule has 0 rings (SSSR count). The van der Waals surface area contributed by atoms with E-state index in [1.54, 1.807) is 0 Å². The summed E-state index contributed by atoms with van der Waals surface area (Å²) in [4.78, 5) is 11.6. The van der Waals surface area contributed by atoms with Gasteiger partial charge in [-0.25, -0.2) is 0 Å². The third-order valence-electron chi connectivity index (χ3n) is 3.31. The first-order valence-corrected chi connectivity index (χ1v) is 8.94. The van der Waals surface area contributed by atoms with Crippen LogP contribution >= 0.6 is 15.9 Å². The molecule has 19 heavy (non-hydrogen) atoms. The first kappa shape index (κ1) is 18.9. The van der Waals surface area contributed by atoms with E-state index in [2.05, 4.69) is 29.8 Å². The second-order valence-electron chi connectivity index (χ2n) is 5.25. The number of unbranched alkanes of at least 4 members (excludes halogenated alkanes) is 8. The molecule has 0 amide bonds. The molecule has 0 aromatic heterocycles. The van der Waals surface area contributed by atoms with E-state index < -0.39 is 0 Å². The van der Waals surface area contributed by atoms with E-state index in [1.165, 1.54) is 51.4 Å². The standard InChI is InChI=1S/C16H31BrO2/c1-3-5-7-9-11-13-15(17)16(18)19-14-12-10-8-6-4-2/h15H,3-14H2,1-2H3. The Morgan fingerprint density at radius 2 is 1.42 bits per heavy atom. The lowest BCUT2D eigenvalue weighted by molar-refractivity contribution is -0.143. The smallest absolute Gasteiger partial charge is 0.319 e. The monoisotopic (exact) mass is 334 g/mol. The predicted molar refractivity (Wildman–Crippen MR) is 85.8 cm³/mol. The molecule has 0 saturated heterocycles. The first-order chi connectivity index (χ1) is 9.22. The zero-order chi connectivity index (χ0) is 14.3. The largest absolute Gasteiger partial charge is 0.465 e. The molecule has 0 aromatic carbocycles. The van der Waals surface area contributed by atoms with Gasteiger partial charge in [-0.3, -0.25) is 4.79 Å². The maximum atomic E-state index is 11.7. The topological polar surface area (TPSA) is 26.3 Å². The molecule has 0 heterocycles. The highest BCUT2D eigenvalue weighted by Gasteiger charge is 2.15. The van der Waals surface area contributed by atoms with Crippen LogP contribution in [0, 0.1) is 0 Å². The van der Waals surface area contributed by atoms with Gasteiger partial charge in [-0.15, -0.1) is 0 Å². The van der Waals surface area contributed by atoms with Crippen LogP contribution in [0.5, 0.6) is 0 Å². The Labute approximate surface area is 127 Å². The highest BCUT2D eigenvalue weighted by atomic mass is 79.9. The zero-order valence-electron chi connectivity index (χ0n) is 12.8. The number of hydrogen-bond acceptors (Lipinski definition) is 2. The second-order valence-corrected chi connectivity index (χ2v) is 6.36. The Kier molecular flexibility index (Phi) is 14.3. The first-order valence-electron chi connectivity index (χ1n) is 8.03. The fraction of sp³-hybridized carbons (Fsp3) is 0.938. The third-order valence-corrected chi connectivity index (χ3v) is 4.14. The van der Waals surface area contributed by atoms with Crippen molar-refractivity contribution in [1.82, 2.24) is 0 Å². The lowest BCUT2D eigenvalue weighted by Gasteiger charge is -2.10. The molecule has 0 N–H and O–H groups in total. The van der Waals surface area contributed by atoms with Gasteiger partial charge in [-0.1, -0.05) is 87.6 Å². The van der Waals surface area contributed by atoms with Crippen LogP contribution < -0.4 is 0 Å². The van der Waals surface area contributed by atoms with Crippen molar-refractivity contribution in [1.29, 1.82) is 0 Å². The lowest BCUT2D eigenvalue weighted by Crippen LogP contribution is -2.18. The number of alkyl halides is 1. The van der Waals surface area contributed by atoms with Crippen LogP contribution in [0.15, 0.2) is 0 Å². The van der Waals surface area contributed by atoms with Crippen molar-refractivity contribution in [3.63, 3.8) is 0 Å². The van der Waals surface area contributed by atoms with Gasteiger partial charge in [0.25, 0.3) is 0 Å². The van der Waals surface area contributed by atoms with E-state index >= 15 is 0 Å². The van der Waals surface area contributed by atoms with E-state index in [0.29, 0.717) is 6.61 Å². The number of carbonyl (C=O) groups excluding carboxylic acids is 1. The SMILES string of the molecule is CCCCCCCOC(=O)C(Br)CCCCCCC. The third kappa shape index (κ3) is 12.7. The highest BCUT2D eigenvalue weighted by molar-refractivity contribution is 9.10. The summed E-state index contributed by atoms with van der Waals surface area (Å²) in [6.07, 6.45) is 13.0. The summed E-state index contributed by atoms with van der Waals surface area (Å²) in [6.45, 7) is 5.00. The predicted octanol–water partition coefficient (Wildman–Crippen LogP) is 5.62. The van der Waals surface area contributed by atoms with E-state index in [0.717, 1.165) is 19.3 Å². The van der Waals surface area contributed by atoms with Crippen molar-refractivity contribution in [2.75, 3.05) is 6.61 Å². The summed E-state index contributed by atoms with van der Waals surface area (Å²) < 4.78 is 5.28. The molecule has 1 unspecified atom stereocenters. The molecule has 0 aromatic rings. The summed E-state index contributed by atoms with van der Waals surface area (Å²) in [7, 11) is 0. The quantitative estimate of drug-likeness (QED) is 0.248. The van der Waals surface area contributed by atoms with Crippen LogP contribution in [0.1, 0.15) is 84.5 Å². The normalized spacial score (nSPS) is 12.4. The molecular formula is C16H31BrO2. The highest BCUT2D eigenvalue weighted by Crippen LogP contribution is 2.14. The molecule has 0 aliphatic heterocycles. The van der Waals surface area contributed by atoms with Crippen LogP contribution in [0.3, 0.4) is 0 Å². The molecule has 3 heteroatoms. The van der Waals surface area contributed by atoms with Crippen LogP contribution in [-0.4, -0.2) is 17.4 Å². The molecule has 0 aliphatic rings. The van der Waals surface area contributed by atoms with Gasteiger partial charge in [-0.2, -0.15) is 0 Å². The number of ether oxygens (including phenoxy) is 1. The van der Waals surface area contributed by atoms with Gasteiger partial charge in [0.2, 0.25) is 0 Å². The van der Waals surface area contributed by atoms with Gasteiger partial charge in [0, 0.05) is 0 Å². The summed E-state index contributed by atoms with van der Waals surface area (Å²) in [6, 6.07) is 0. The molecule has 0 radical (unpaired) electrons. The Balaban J connectivity index is 3.38. The maximum Gasteiger partial charge on any atom is 0.319 e. The molecule has 1 atom stereocenters. The van der Waals surface area contributed by atoms with Gasteiger partial charge in [0.1, 0.15) is 4.83 Å². The Bertz CT molecular complexity index is 207. The number of hydrogen-bond donors (Lipinski definition) is 0. The average molecular weight is 335 g/mol. The molecule has 0 saturated carbocycles. The van der Waals surface area contributed by atoms with Crippen molar-refractivity contribution in [3.05, 3.63) is 0 Å². The average Bonchev–Trinajstić information content (AvgIpc) is 2.42. The molecule has 2 nitrogen and oxygen atoms in total. The number of rotatable bonds is 13. The molecular weight excluding hydrogens is 304 g/mol. The van der Waals surface area contributed by atoms with E-state index in [1.807, 2.05) is 0 Å². The summed E-state index contributed by atoms with van der Waals surface area (Å²) in [5.74, 6) is -0.0778. The minimum absolute atomic E-state index is 0.0778. The minimum atomic E-state index is -0.107. The number of halogens is 1. The Morgan fingerprint density at radius 1 is 0.895 bits per heavy atom. The van der Waals surface area contributed by atoms with Crippen molar-refractivity contribution in [3.8, 4) is 0 Å². The van der Waals surface area contributed by atoms with Gasteiger partial charge < -0.3 is 4.74 Å². The molecule has 0 spiro atoms. The molecule has 0 fully saturated rings. The lowest BCUT2D eigenvalue weighted by atomic mass is 10.1. The number of carbonyl (C=O) groups is 1. The van der Waals surface area contributed by atoms with Gasteiger partial charge in [0.05, 0.1) is 6.61 Å². The maximum absolute atomic E-state index is 11.7. The zero-order valence-corrected chi connectivity index (χ0v) is 14.3. The summed E-state index contributed by atoms with van der Waals surface area (Å²) in [5, 5.41) is 0. The van der Waals surface area contributed by atoms with Crippen LogP contribution in [-0.2, 0) is 9.53 Å². The van der Waals surface area contributed by atoms with Gasteiger partial charge >= 0.3 is 5.97 Å². The van der Waals surface area contributed by atoms with E-state index in [4.69, 9.17) is 4.74 Å². The van der Waals surface area contributed by atoms with E-state index in [9.17, 15) is 4.79 Å². The van der Waals surface area contributed by atoms with Crippen LogP contribution in [0.4, 0.5) is 0 Å². The van der Waals surface area contributed by atoms with Crippen LogP contribution in [0.25, 0.3) is 0 Å². The molecule has 114 valence electrons. The van der Waals surface area contributed by atoms with Gasteiger partial charge in [-0.05, 0) is 12.8 Å². The number of esters is 1. The summed E-state index contributed by atoms with van der Waals surface area (Å²) in [5.41, 5.74) is 0.